The molecule has 1 atom stereocenters. The molecule has 0 spiro atoms. The molecule has 6 nitrogen and oxygen atoms in total. The first kappa shape index (κ1) is 17.5. The van der Waals surface area contributed by atoms with Gasteiger partial charge < -0.3 is 9.32 Å². The van der Waals surface area contributed by atoms with Gasteiger partial charge in [0.05, 0.1) is 12.5 Å². The van der Waals surface area contributed by atoms with Crippen LogP contribution in [0.25, 0.3) is 0 Å². The van der Waals surface area contributed by atoms with E-state index in [1.54, 1.807) is 15.3 Å². The molecule has 1 aromatic heterocycles. The topological polar surface area (TPSA) is 70.8 Å². The van der Waals surface area contributed by atoms with Gasteiger partial charge in [-0.05, 0) is 45.1 Å². The first-order chi connectivity index (χ1) is 11.4. The third kappa shape index (κ3) is 3.52. The Morgan fingerprint density at radius 3 is 2.38 bits per heavy atom. The fourth-order valence-electron chi connectivity index (χ4n) is 3.75. The van der Waals surface area contributed by atoms with Crippen molar-refractivity contribution in [3.8, 4) is 0 Å². The van der Waals surface area contributed by atoms with Gasteiger partial charge in [0.1, 0.15) is 0 Å². The van der Waals surface area contributed by atoms with E-state index in [0.717, 1.165) is 37.7 Å². The number of hydrogen-bond acceptors (Lipinski definition) is 4. The zero-order chi connectivity index (χ0) is 17.3. The molecule has 24 heavy (non-hydrogen) atoms. The van der Waals surface area contributed by atoms with E-state index in [-0.39, 0.29) is 18.0 Å². The van der Waals surface area contributed by atoms with E-state index in [2.05, 4.69) is 0 Å². The van der Waals surface area contributed by atoms with Crippen LogP contribution in [0.1, 0.15) is 54.6 Å². The van der Waals surface area contributed by atoms with Crippen molar-refractivity contribution in [2.24, 2.45) is 0 Å². The lowest BCUT2D eigenvalue weighted by Crippen LogP contribution is -2.50. The van der Waals surface area contributed by atoms with Crippen molar-refractivity contribution >= 4 is 15.9 Å². The van der Waals surface area contributed by atoms with E-state index in [1.807, 2.05) is 6.92 Å². The van der Waals surface area contributed by atoms with Crippen LogP contribution in [0.3, 0.4) is 0 Å². The van der Waals surface area contributed by atoms with Gasteiger partial charge in [-0.15, -0.1) is 0 Å². The highest BCUT2D eigenvalue weighted by Gasteiger charge is 2.38. The van der Waals surface area contributed by atoms with Crippen molar-refractivity contribution in [1.29, 1.82) is 0 Å². The summed E-state index contributed by atoms with van der Waals surface area (Å²) >= 11 is 0. The lowest BCUT2D eigenvalue weighted by atomic mass is 9.91. The fourth-order valence-corrected chi connectivity index (χ4v) is 5.26. The summed E-state index contributed by atoms with van der Waals surface area (Å²) in [6.07, 6.45) is 8.17. The van der Waals surface area contributed by atoms with E-state index < -0.39 is 10.0 Å². The molecule has 0 N–H and O–H groups in total. The molecule has 1 aliphatic heterocycles. The molecule has 2 fully saturated rings. The lowest BCUT2D eigenvalue weighted by Gasteiger charge is -2.40. The maximum absolute atomic E-state index is 12.6. The van der Waals surface area contributed by atoms with Crippen molar-refractivity contribution in [3.05, 3.63) is 23.7 Å². The highest BCUT2D eigenvalue weighted by molar-refractivity contribution is 7.88. The largest absolute Gasteiger partial charge is 0.459 e. The SMILES string of the molecule is Cc1ccoc1C(=O)N1CCC[C@@H](N(C2CCC2)S(C)(=O)=O)CC1. The summed E-state index contributed by atoms with van der Waals surface area (Å²) in [7, 11) is -3.22. The molecule has 1 saturated heterocycles. The number of aryl methyl sites for hydroxylation is 1. The van der Waals surface area contributed by atoms with E-state index in [1.165, 1.54) is 12.5 Å². The molecular formula is C17H26N2O4S. The van der Waals surface area contributed by atoms with Gasteiger partial charge in [-0.2, -0.15) is 4.31 Å². The number of amides is 1. The van der Waals surface area contributed by atoms with Crippen molar-refractivity contribution in [2.45, 2.75) is 57.5 Å². The average Bonchev–Trinajstić information content (AvgIpc) is 2.75. The Labute approximate surface area is 143 Å². The fraction of sp³-hybridized carbons (Fsp3) is 0.706. The molecule has 0 bridgehead atoms. The maximum atomic E-state index is 12.6. The van der Waals surface area contributed by atoms with Crippen molar-refractivity contribution in [2.75, 3.05) is 19.3 Å². The van der Waals surface area contributed by atoms with Gasteiger partial charge in [-0.25, -0.2) is 8.42 Å². The predicted molar refractivity (Wildman–Crippen MR) is 91.3 cm³/mol. The van der Waals surface area contributed by atoms with E-state index >= 15 is 0 Å². The lowest BCUT2D eigenvalue weighted by molar-refractivity contribution is 0.0724. The highest BCUT2D eigenvalue weighted by atomic mass is 32.2. The van der Waals surface area contributed by atoms with Crippen LogP contribution in [0.2, 0.25) is 0 Å². The third-order valence-electron chi connectivity index (χ3n) is 5.22. The van der Waals surface area contributed by atoms with Crippen molar-refractivity contribution in [3.63, 3.8) is 0 Å². The number of hydrogen-bond donors (Lipinski definition) is 0. The minimum absolute atomic E-state index is 0.000739. The van der Waals surface area contributed by atoms with Gasteiger partial charge in [-0.1, -0.05) is 6.42 Å². The second-order valence-electron chi connectivity index (χ2n) is 6.99. The second kappa shape index (κ2) is 6.88. The molecule has 3 rings (SSSR count). The van der Waals surface area contributed by atoms with Gasteiger partial charge in [0.25, 0.3) is 5.91 Å². The Hall–Kier alpha value is -1.34. The van der Waals surface area contributed by atoms with E-state index in [4.69, 9.17) is 4.42 Å². The minimum Gasteiger partial charge on any atom is -0.459 e. The Bertz CT molecular complexity index is 693. The first-order valence-electron chi connectivity index (χ1n) is 8.70. The van der Waals surface area contributed by atoms with Crippen LogP contribution < -0.4 is 0 Å². The molecule has 1 aromatic rings. The van der Waals surface area contributed by atoms with Crippen molar-refractivity contribution < 1.29 is 17.6 Å². The summed E-state index contributed by atoms with van der Waals surface area (Å²) in [6.45, 7) is 3.08. The second-order valence-corrected chi connectivity index (χ2v) is 8.87. The van der Waals surface area contributed by atoms with E-state index in [9.17, 15) is 13.2 Å². The molecular weight excluding hydrogens is 328 g/mol. The molecule has 1 aliphatic carbocycles. The first-order valence-corrected chi connectivity index (χ1v) is 10.5. The van der Waals surface area contributed by atoms with Crippen LogP contribution in [0.5, 0.6) is 0 Å². The summed E-state index contributed by atoms with van der Waals surface area (Å²) in [5, 5.41) is 0. The number of carbonyl (C=O) groups excluding carboxylic acids is 1. The van der Waals surface area contributed by atoms with Crippen molar-refractivity contribution in [1.82, 2.24) is 9.21 Å². The summed E-state index contributed by atoms with van der Waals surface area (Å²) in [4.78, 5) is 14.4. The summed E-state index contributed by atoms with van der Waals surface area (Å²) in [6, 6.07) is 1.94. The van der Waals surface area contributed by atoms with Gasteiger partial charge >= 0.3 is 0 Å². The molecule has 0 radical (unpaired) electrons. The van der Waals surface area contributed by atoms with Crippen LogP contribution in [0, 0.1) is 6.92 Å². The average molecular weight is 354 g/mol. The monoisotopic (exact) mass is 354 g/mol. The van der Waals surface area contributed by atoms with Crippen LogP contribution in [0.15, 0.2) is 16.7 Å². The number of carbonyl (C=O) groups is 1. The maximum Gasteiger partial charge on any atom is 0.289 e. The Kier molecular flexibility index (Phi) is 5.01. The number of rotatable bonds is 4. The third-order valence-corrected chi connectivity index (χ3v) is 6.58. The predicted octanol–water partition coefficient (Wildman–Crippen LogP) is 2.40. The van der Waals surface area contributed by atoms with Gasteiger partial charge in [-0.3, -0.25) is 4.79 Å². The normalized spacial score (nSPS) is 23.1. The molecule has 2 aliphatic rings. The number of sulfonamides is 1. The molecule has 7 heteroatoms. The summed E-state index contributed by atoms with van der Waals surface area (Å²) < 4.78 is 31.5. The molecule has 0 unspecified atom stereocenters. The smallest absolute Gasteiger partial charge is 0.289 e. The van der Waals surface area contributed by atoms with Crippen LogP contribution >= 0.6 is 0 Å². The zero-order valence-corrected chi connectivity index (χ0v) is 15.2. The van der Waals surface area contributed by atoms with Crippen LogP contribution in [0.4, 0.5) is 0 Å². The number of likely N-dealkylation sites (tertiary alicyclic amines) is 1. The minimum atomic E-state index is -3.22. The summed E-state index contributed by atoms with van der Waals surface area (Å²) in [5.74, 6) is 0.306. The molecule has 1 saturated carbocycles. The Balaban J connectivity index is 1.70. The Morgan fingerprint density at radius 1 is 1.17 bits per heavy atom. The number of furan rings is 1. The standard InChI is InChI=1S/C17H26N2O4S/c1-13-9-12-23-16(13)17(20)18-10-4-7-15(8-11-18)19(24(2,21)22)14-5-3-6-14/h9,12,14-15H,3-8,10-11H2,1-2H3/t15-/m1/s1. The molecule has 134 valence electrons. The van der Waals surface area contributed by atoms with Gasteiger partial charge in [0, 0.05) is 30.7 Å². The highest BCUT2D eigenvalue weighted by Crippen LogP contribution is 2.32. The van der Waals surface area contributed by atoms with Crippen LogP contribution in [-0.4, -0.2) is 55.0 Å². The van der Waals surface area contributed by atoms with Gasteiger partial charge in [0.15, 0.2) is 5.76 Å². The molecule has 2 heterocycles. The quantitative estimate of drug-likeness (QED) is 0.832. The number of nitrogens with zero attached hydrogens (tertiary/aromatic N) is 2. The zero-order valence-electron chi connectivity index (χ0n) is 14.4. The van der Waals surface area contributed by atoms with Crippen LogP contribution in [-0.2, 0) is 10.0 Å². The Morgan fingerprint density at radius 2 is 1.83 bits per heavy atom. The van der Waals surface area contributed by atoms with Gasteiger partial charge in [0.2, 0.25) is 10.0 Å². The molecule has 1 amide bonds. The molecule has 0 aromatic carbocycles. The summed E-state index contributed by atoms with van der Waals surface area (Å²) in [5.41, 5.74) is 0.841. The van der Waals surface area contributed by atoms with E-state index in [0.29, 0.717) is 25.3 Å².